The molecule has 0 radical (unpaired) electrons. The van der Waals surface area contributed by atoms with Gasteiger partial charge in [0, 0.05) is 17.1 Å². The molecule has 164 valence electrons. The van der Waals surface area contributed by atoms with Gasteiger partial charge in [-0.15, -0.1) is 99.7 Å². The van der Waals surface area contributed by atoms with Crippen molar-refractivity contribution >= 4 is 150 Å². The summed E-state index contributed by atoms with van der Waals surface area (Å²) in [6.07, 6.45) is 0. The number of halogens is 9. The molecule has 0 bridgehead atoms. The van der Waals surface area contributed by atoms with Gasteiger partial charge in [0.2, 0.25) is 0 Å². The first-order valence-electron chi connectivity index (χ1n) is 8.59. The normalized spacial score (nSPS) is 12.7. The van der Waals surface area contributed by atoms with Crippen LogP contribution in [0.4, 0.5) is 17.1 Å². The van der Waals surface area contributed by atoms with Gasteiger partial charge in [0.25, 0.3) is 0 Å². The van der Waals surface area contributed by atoms with E-state index in [0.29, 0.717) is 15.6 Å². The van der Waals surface area contributed by atoms with E-state index in [1.807, 2.05) is 77.7 Å². The van der Waals surface area contributed by atoms with Crippen LogP contribution in [0, 0.1) is 0 Å². The molecule has 0 aliphatic rings. The van der Waals surface area contributed by atoms with Crippen LogP contribution in [0.2, 0.25) is 0 Å². The Kier molecular flexibility index (Phi) is 8.62. The summed E-state index contributed by atoms with van der Waals surface area (Å²) in [7, 11) is 0. The average molecular weight is 646 g/mol. The third-order valence-corrected chi connectivity index (χ3v) is 13.2. The van der Waals surface area contributed by atoms with Crippen LogP contribution in [0.5, 0.6) is 0 Å². The third-order valence-electron chi connectivity index (χ3n) is 4.36. The Hall–Kier alpha value is 0.721. The Morgan fingerprint density at radius 1 is 0.355 bits per heavy atom. The van der Waals surface area contributed by atoms with Crippen molar-refractivity contribution < 1.29 is 0 Å². The Balaban J connectivity index is 2.08. The molecule has 1 nitrogen and oxygen atoms in total. The van der Waals surface area contributed by atoms with E-state index in [-0.39, 0.29) is 0 Å². The first kappa shape index (κ1) is 26.3. The van der Waals surface area contributed by atoms with Crippen LogP contribution in [0.3, 0.4) is 0 Å². The topological polar surface area (TPSA) is 3.24 Å². The van der Waals surface area contributed by atoms with Crippen molar-refractivity contribution in [2.24, 2.45) is 0 Å². The zero-order chi connectivity index (χ0) is 23.0. The maximum Gasteiger partial charge on any atom is 0.372 e. The van der Waals surface area contributed by atoms with E-state index in [9.17, 15) is 0 Å². The second-order valence-corrected chi connectivity index (χ2v) is 31.7. The first-order chi connectivity index (χ1) is 14.3. The summed E-state index contributed by atoms with van der Waals surface area (Å²) < 4.78 is 0. The van der Waals surface area contributed by atoms with Gasteiger partial charge in [-0.2, -0.15) is 0 Å². The summed E-state index contributed by atoms with van der Waals surface area (Å²) in [5.41, 5.74) is 2.55. The zero-order valence-corrected chi connectivity index (χ0v) is 25.1. The van der Waals surface area contributed by atoms with Crippen LogP contribution in [-0.4, -0.2) is 18.0 Å². The highest BCUT2D eigenvalue weighted by atomic mass is 35.9. The van der Waals surface area contributed by atoms with Gasteiger partial charge >= 0.3 is 18.0 Å². The average Bonchev–Trinajstić information content (AvgIpc) is 2.67. The molecule has 0 saturated carbocycles. The van der Waals surface area contributed by atoms with Crippen molar-refractivity contribution in [2.45, 2.75) is 0 Å². The van der Waals surface area contributed by atoms with Crippen molar-refractivity contribution in [1.82, 2.24) is 0 Å². The highest BCUT2D eigenvalue weighted by Crippen LogP contribution is 2.35. The molecule has 0 saturated heterocycles. The molecule has 0 aromatic heterocycles. The van der Waals surface area contributed by atoms with Gasteiger partial charge in [-0.3, -0.25) is 0 Å². The number of hydrogen-bond acceptors (Lipinski definition) is 1. The van der Waals surface area contributed by atoms with Crippen molar-refractivity contribution in [3.63, 3.8) is 0 Å². The molecule has 31 heavy (non-hydrogen) atoms. The van der Waals surface area contributed by atoms with E-state index in [2.05, 4.69) is 0 Å². The molecule has 13 heteroatoms. The Bertz CT molecular complexity index is 889. The number of rotatable bonds is 6. The van der Waals surface area contributed by atoms with Crippen molar-refractivity contribution in [3.05, 3.63) is 72.8 Å². The van der Waals surface area contributed by atoms with Gasteiger partial charge in [0.05, 0.1) is 0 Å². The molecule has 0 N–H and O–H groups in total. The molecule has 3 aromatic rings. The van der Waals surface area contributed by atoms with E-state index < -0.39 is 18.0 Å². The van der Waals surface area contributed by atoms with Gasteiger partial charge in [-0.05, 0) is 52.0 Å². The molecule has 0 spiro atoms. The van der Waals surface area contributed by atoms with Crippen molar-refractivity contribution in [2.75, 3.05) is 4.90 Å². The van der Waals surface area contributed by atoms with E-state index in [0.717, 1.165) is 17.1 Å². The minimum absolute atomic E-state index is 0.691. The standard InChI is InChI=1S/C18H12Cl9NSi3/c19-29(20,21)16-7-1-13(2-8-16)28(14-3-9-17(10-4-14)30(22,23)24)15-5-11-18(12-6-15)31(25,26)27/h1-12H. The van der Waals surface area contributed by atoms with Crippen LogP contribution in [-0.2, 0) is 0 Å². The second-order valence-electron chi connectivity index (χ2n) is 6.47. The number of hydrogen-bond donors (Lipinski definition) is 0. The van der Waals surface area contributed by atoms with Crippen LogP contribution in [0.25, 0.3) is 0 Å². The largest absolute Gasteiger partial charge is 0.372 e. The monoisotopic (exact) mass is 641 g/mol. The second kappa shape index (κ2) is 10.1. The summed E-state index contributed by atoms with van der Waals surface area (Å²) in [6.45, 7) is 0. The smallest absolute Gasteiger partial charge is 0.311 e. The summed E-state index contributed by atoms with van der Waals surface area (Å²) >= 11 is 55.2. The summed E-state index contributed by atoms with van der Waals surface area (Å²) in [5, 5.41) is 2.07. The fourth-order valence-corrected chi connectivity index (χ4v) is 7.88. The third kappa shape index (κ3) is 6.87. The fraction of sp³-hybridized carbons (Fsp3) is 0. The van der Waals surface area contributed by atoms with E-state index in [1.165, 1.54) is 0 Å². The molecule has 3 aromatic carbocycles. The Morgan fingerprint density at radius 3 is 0.710 bits per heavy atom. The lowest BCUT2D eigenvalue weighted by Gasteiger charge is -2.27. The molecular weight excluding hydrogens is 634 g/mol. The van der Waals surface area contributed by atoms with Gasteiger partial charge in [0.15, 0.2) is 0 Å². The molecule has 0 unspecified atom stereocenters. The van der Waals surface area contributed by atoms with Gasteiger partial charge < -0.3 is 4.90 Å². The van der Waals surface area contributed by atoms with Crippen LogP contribution in [0.1, 0.15) is 0 Å². The lowest BCUT2D eigenvalue weighted by Crippen LogP contribution is -2.31. The van der Waals surface area contributed by atoms with Crippen molar-refractivity contribution in [1.29, 1.82) is 0 Å². The molecule has 0 aliphatic carbocycles. The lowest BCUT2D eigenvalue weighted by molar-refractivity contribution is 1.29. The molecule has 3 rings (SSSR count). The SMILES string of the molecule is Cl[Si](Cl)(Cl)c1ccc(N(c2ccc([Si](Cl)(Cl)Cl)cc2)c2ccc([Si](Cl)(Cl)Cl)cc2)cc1. The molecular formula is C18H12Cl9NSi3. The Labute approximate surface area is 226 Å². The van der Waals surface area contributed by atoms with Crippen molar-refractivity contribution in [3.8, 4) is 0 Å². The minimum Gasteiger partial charge on any atom is -0.311 e. The summed E-state index contributed by atoms with van der Waals surface area (Å²) in [4.78, 5) is 2.01. The number of anilines is 3. The van der Waals surface area contributed by atoms with Crippen LogP contribution >= 0.6 is 99.7 Å². The zero-order valence-electron chi connectivity index (χ0n) is 15.3. The predicted molar refractivity (Wildman–Crippen MR) is 150 cm³/mol. The Morgan fingerprint density at radius 2 is 0.548 bits per heavy atom. The quantitative estimate of drug-likeness (QED) is 0.196. The molecule has 0 fully saturated rings. The van der Waals surface area contributed by atoms with Crippen LogP contribution in [0.15, 0.2) is 72.8 Å². The lowest BCUT2D eigenvalue weighted by atomic mass is 10.2. The predicted octanol–water partition coefficient (Wildman–Crippen LogP) is 7.74. The fourth-order valence-electron chi connectivity index (χ4n) is 2.85. The highest BCUT2D eigenvalue weighted by molar-refractivity contribution is 7.70. The molecule has 0 amide bonds. The van der Waals surface area contributed by atoms with Gasteiger partial charge in [-0.25, -0.2) is 0 Å². The van der Waals surface area contributed by atoms with Gasteiger partial charge in [0.1, 0.15) is 0 Å². The number of benzene rings is 3. The molecule has 0 heterocycles. The summed E-state index contributed by atoms with van der Waals surface area (Å²) in [6, 6.07) is 13.2. The highest BCUT2D eigenvalue weighted by Gasteiger charge is 2.30. The van der Waals surface area contributed by atoms with Crippen LogP contribution < -0.4 is 20.5 Å². The first-order valence-corrected chi connectivity index (χ1v) is 23.7. The molecule has 0 atom stereocenters. The molecule has 0 aliphatic heterocycles. The number of nitrogens with zero attached hydrogens (tertiary/aromatic N) is 1. The van der Waals surface area contributed by atoms with E-state index in [4.69, 9.17) is 99.7 Å². The van der Waals surface area contributed by atoms with E-state index in [1.54, 1.807) is 0 Å². The summed E-state index contributed by atoms with van der Waals surface area (Å²) in [5.74, 6) is 0. The van der Waals surface area contributed by atoms with E-state index >= 15 is 0 Å². The maximum atomic E-state index is 6.13. The maximum absolute atomic E-state index is 6.13. The van der Waals surface area contributed by atoms with Gasteiger partial charge in [-0.1, -0.05) is 36.4 Å². The minimum atomic E-state index is -2.99.